The van der Waals surface area contributed by atoms with Crippen LogP contribution in [0.2, 0.25) is 10.0 Å². The van der Waals surface area contributed by atoms with Gasteiger partial charge in [-0.05, 0) is 12.1 Å². The number of nitrogens with one attached hydrogen (secondary N) is 1. The third-order valence-corrected chi connectivity index (χ3v) is 5.21. The van der Waals surface area contributed by atoms with Gasteiger partial charge in [0.05, 0.1) is 21.5 Å². The summed E-state index contributed by atoms with van der Waals surface area (Å²) in [5.74, 6) is -0.589. The molecule has 2 fully saturated rings. The van der Waals surface area contributed by atoms with Gasteiger partial charge in [0.25, 0.3) is 5.91 Å². The van der Waals surface area contributed by atoms with Gasteiger partial charge in [0, 0.05) is 39.1 Å². The van der Waals surface area contributed by atoms with Crippen LogP contribution in [0.15, 0.2) is 18.2 Å². The van der Waals surface area contributed by atoms with Crippen molar-refractivity contribution in [1.29, 1.82) is 0 Å². The molecule has 0 bridgehead atoms. The minimum absolute atomic E-state index is 0.0266. The Balaban J connectivity index is 1.60. The Morgan fingerprint density at radius 3 is 2.38 bits per heavy atom. The number of carbonyl (C=O) groups excluding carboxylic acids is 3. The van der Waals surface area contributed by atoms with Gasteiger partial charge in [-0.25, -0.2) is 0 Å². The third kappa shape index (κ3) is 3.35. The van der Waals surface area contributed by atoms with Gasteiger partial charge in [-0.1, -0.05) is 29.3 Å². The molecule has 128 valence electrons. The van der Waals surface area contributed by atoms with E-state index in [1.54, 1.807) is 28.0 Å². The molecular weight excluding hydrogens is 353 g/mol. The fourth-order valence-corrected chi connectivity index (χ4v) is 3.39. The van der Waals surface area contributed by atoms with E-state index in [0.717, 1.165) is 0 Å². The van der Waals surface area contributed by atoms with Crippen LogP contribution in [0, 0.1) is 5.92 Å². The average Bonchev–Trinajstić information content (AvgIpc) is 3.03. The fraction of sp³-hybridized carbons (Fsp3) is 0.438. The molecular formula is C16H17Cl2N3O3. The second kappa shape index (κ2) is 6.99. The lowest BCUT2D eigenvalue weighted by atomic mass is 10.1. The lowest BCUT2D eigenvalue weighted by Gasteiger charge is -2.36. The van der Waals surface area contributed by atoms with Gasteiger partial charge in [0.1, 0.15) is 0 Å². The van der Waals surface area contributed by atoms with Crippen molar-refractivity contribution in [2.75, 3.05) is 32.7 Å². The summed E-state index contributed by atoms with van der Waals surface area (Å²) in [7, 11) is 0. The molecule has 1 N–H and O–H groups in total. The zero-order valence-electron chi connectivity index (χ0n) is 12.9. The van der Waals surface area contributed by atoms with Crippen LogP contribution in [0.3, 0.4) is 0 Å². The Hall–Kier alpha value is -1.79. The number of amides is 3. The summed E-state index contributed by atoms with van der Waals surface area (Å²) in [6.45, 7) is 2.17. The van der Waals surface area contributed by atoms with Gasteiger partial charge >= 0.3 is 0 Å². The van der Waals surface area contributed by atoms with E-state index in [2.05, 4.69) is 5.32 Å². The molecule has 0 spiro atoms. The number of carbonyl (C=O) groups is 3. The van der Waals surface area contributed by atoms with Crippen molar-refractivity contribution in [3.05, 3.63) is 33.8 Å². The van der Waals surface area contributed by atoms with E-state index in [4.69, 9.17) is 23.2 Å². The highest BCUT2D eigenvalue weighted by Gasteiger charge is 2.33. The van der Waals surface area contributed by atoms with Crippen molar-refractivity contribution in [3.63, 3.8) is 0 Å². The Kier molecular flexibility index (Phi) is 4.96. The predicted molar refractivity (Wildman–Crippen MR) is 90.1 cm³/mol. The lowest BCUT2D eigenvalue weighted by molar-refractivity contribution is -0.137. The number of benzene rings is 1. The highest BCUT2D eigenvalue weighted by Crippen LogP contribution is 2.27. The molecule has 2 heterocycles. The average molecular weight is 370 g/mol. The van der Waals surface area contributed by atoms with E-state index >= 15 is 0 Å². The second-order valence-corrected chi connectivity index (χ2v) is 6.71. The third-order valence-electron chi connectivity index (χ3n) is 4.39. The zero-order valence-corrected chi connectivity index (χ0v) is 14.4. The first-order valence-electron chi connectivity index (χ1n) is 7.76. The Morgan fingerprint density at radius 1 is 1.08 bits per heavy atom. The minimum Gasteiger partial charge on any atom is -0.355 e. The molecule has 1 atom stereocenters. The van der Waals surface area contributed by atoms with E-state index in [-0.39, 0.29) is 35.1 Å². The standard InChI is InChI=1S/C16H17Cl2N3O3/c17-12-3-1-2-11(14(12)18)16(24)21-6-4-20(5-7-21)15(23)10-8-13(22)19-9-10/h1-3,10H,4-9H2,(H,19,22). The van der Waals surface area contributed by atoms with Crippen molar-refractivity contribution >= 4 is 40.9 Å². The Labute approximate surface area is 149 Å². The summed E-state index contributed by atoms with van der Waals surface area (Å²) in [5, 5.41) is 3.26. The van der Waals surface area contributed by atoms with Crippen LogP contribution in [0.4, 0.5) is 0 Å². The Morgan fingerprint density at radius 2 is 1.75 bits per heavy atom. The van der Waals surface area contributed by atoms with Gasteiger partial charge in [-0.2, -0.15) is 0 Å². The summed E-state index contributed by atoms with van der Waals surface area (Å²) in [5.41, 5.74) is 0.370. The van der Waals surface area contributed by atoms with E-state index in [1.807, 2.05) is 0 Å². The van der Waals surface area contributed by atoms with Crippen molar-refractivity contribution in [3.8, 4) is 0 Å². The van der Waals surface area contributed by atoms with Crippen LogP contribution in [-0.2, 0) is 9.59 Å². The predicted octanol–water partition coefficient (Wildman–Crippen LogP) is 1.41. The molecule has 3 amide bonds. The number of piperazine rings is 1. The SMILES string of the molecule is O=C1CC(C(=O)N2CCN(C(=O)c3cccc(Cl)c3Cl)CC2)CN1. The molecule has 0 radical (unpaired) electrons. The molecule has 8 heteroatoms. The Bertz CT molecular complexity index is 687. The number of rotatable bonds is 2. The number of nitrogens with zero attached hydrogens (tertiary/aromatic N) is 2. The van der Waals surface area contributed by atoms with Crippen molar-refractivity contribution < 1.29 is 14.4 Å². The molecule has 2 aliphatic heterocycles. The lowest BCUT2D eigenvalue weighted by Crippen LogP contribution is -2.52. The first kappa shape index (κ1) is 17.0. The summed E-state index contributed by atoms with van der Waals surface area (Å²) >= 11 is 12.1. The highest BCUT2D eigenvalue weighted by atomic mass is 35.5. The maximum atomic E-state index is 12.6. The summed E-state index contributed by atoms with van der Waals surface area (Å²) in [6.07, 6.45) is 0.246. The van der Waals surface area contributed by atoms with Crippen LogP contribution in [0.25, 0.3) is 0 Å². The molecule has 1 aromatic carbocycles. The van der Waals surface area contributed by atoms with Crippen LogP contribution in [0.1, 0.15) is 16.8 Å². The van der Waals surface area contributed by atoms with Gasteiger partial charge < -0.3 is 15.1 Å². The van der Waals surface area contributed by atoms with Crippen LogP contribution < -0.4 is 5.32 Å². The second-order valence-electron chi connectivity index (χ2n) is 5.92. The first-order chi connectivity index (χ1) is 11.5. The molecule has 0 saturated carbocycles. The summed E-state index contributed by atoms with van der Waals surface area (Å²) in [6, 6.07) is 4.96. The van der Waals surface area contributed by atoms with Crippen LogP contribution in [0.5, 0.6) is 0 Å². The first-order valence-corrected chi connectivity index (χ1v) is 8.51. The molecule has 2 aliphatic rings. The van der Waals surface area contributed by atoms with Crippen molar-refractivity contribution in [2.45, 2.75) is 6.42 Å². The molecule has 1 aromatic rings. The van der Waals surface area contributed by atoms with E-state index in [0.29, 0.717) is 43.3 Å². The molecule has 2 saturated heterocycles. The van der Waals surface area contributed by atoms with E-state index in [1.165, 1.54) is 0 Å². The fourth-order valence-electron chi connectivity index (χ4n) is 3.01. The highest BCUT2D eigenvalue weighted by molar-refractivity contribution is 6.43. The normalized spacial score (nSPS) is 20.9. The monoisotopic (exact) mass is 369 g/mol. The van der Waals surface area contributed by atoms with Crippen LogP contribution >= 0.6 is 23.2 Å². The minimum atomic E-state index is -0.290. The summed E-state index contributed by atoms with van der Waals surface area (Å²) < 4.78 is 0. The summed E-state index contributed by atoms with van der Waals surface area (Å²) in [4.78, 5) is 39.6. The van der Waals surface area contributed by atoms with Gasteiger partial charge in [-0.3, -0.25) is 14.4 Å². The van der Waals surface area contributed by atoms with Crippen LogP contribution in [-0.4, -0.2) is 60.2 Å². The zero-order chi connectivity index (χ0) is 17.3. The van der Waals surface area contributed by atoms with E-state index in [9.17, 15) is 14.4 Å². The van der Waals surface area contributed by atoms with E-state index < -0.39 is 0 Å². The maximum absolute atomic E-state index is 12.6. The van der Waals surface area contributed by atoms with Gasteiger partial charge in [-0.15, -0.1) is 0 Å². The van der Waals surface area contributed by atoms with Gasteiger partial charge in [0.15, 0.2) is 0 Å². The number of halogens is 2. The molecule has 0 aliphatic carbocycles. The molecule has 6 nitrogen and oxygen atoms in total. The molecule has 0 aromatic heterocycles. The van der Waals surface area contributed by atoms with Gasteiger partial charge in [0.2, 0.25) is 11.8 Å². The van der Waals surface area contributed by atoms with Crippen molar-refractivity contribution in [1.82, 2.24) is 15.1 Å². The number of hydrogen-bond acceptors (Lipinski definition) is 3. The molecule has 24 heavy (non-hydrogen) atoms. The molecule has 3 rings (SSSR count). The number of hydrogen-bond donors (Lipinski definition) is 1. The van der Waals surface area contributed by atoms with Crippen molar-refractivity contribution in [2.24, 2.45) is 5.92 Å². The smallest absolute Gasteiger partial charge is 0.255 e. The topological polar surface area (TPSA) is 69.7 Å². The quantitative estimate of drug-likeness (QED) is 0.856. The molecule has 1 unspecified atom stereocenters. The maximum Gasteiger partial charge on any atom is 0.255 e. The largest absolute Gasteiger partial charge is 0.355 e.